The Morgan fingerprint density at radius 3 is 2.59 bits per heavy atom. The lowest BCUT2D eigenvalue weighted by atomic mass is 9.76. The van der Waals surface area contributed by atoms with Gasteiger partial charge in [-0.3, -0.25) is 0 Å². The van der Waals surface area contributed by atoms with E-state index in [4.69, 9.17) is 0 Å². The summed E-state index contributed by atoms with van der Waals surface area (Å²) in [6.45, 7) is 3.60. The van der Waals surface area contributed by atoms with E-state index in [1.54, 1.807) is 0 Å². The van der Waals surface area contributed by atoms with Gasteiger partial charge in [0.1, 0.15) is 0 Å². The molecule has 0 heterocycles. The number of benzene rings is 1. The zero-order valence-corrected chi connectivity index (χ0v) is 11.9. The second-order valence-corrected chi connectivity index (χ2v) is 6.62. The summed E-state index contributed by atoms with van der Waals surface area (Å²) in [6.07, 6.45) is 4.06. The molecule has 92 valence electrons. The molecule has 2 saturated carbocycles. The molecule has 0 aromatic heterocycles. The molecular formula is C15H20BrN. The maximum absolute atomic E-state index is 3.72. The van der Waals surface area contributed by atoms with E-state index in [1.807, 2.05) is 0 Å². The molecule has 1 aromatic carbocycles. The second kappa shape index (κ2) is 4.74. The highest BCUT2D eigenvalue weighted by atomic mass is 79.9. The molecule has 1 aromatic rings. The molecule has 3 rings (SSSR count). The van der Waals surface area contributed by atoms with Crippen molar-refractivity contribution in [2.45, 2.75) is 38.1 Å². The minimum Gasteiger partial charge on any atom is -0.314 e. The molecule has 2 aliphatic carbocycles. The van der Waals surface area contributed by atoms with Crippen LogP contribution in [0.3, 0.4) is 0 Å². The van der Waals surface area contributed by atoms with Crippen LogP contribution in [-0.4, -0.2) is 12.6 Å². The Hall–Kier alpha value is -0.340. The van der Waals surface area contributed by atoms with Crippen LogP contribution in [0.5, 0.6) is 0 Å². The van der Waals surface area contributed by atoms with Crippen molar-refractivity contribution >= 4 is 15.9 Å². The highest BCUT2D eigenvalue weighted by molar-refractivity contribution is 9.10. The fourth-order valence-corrected chi connectivity index (χ4v) is 3.45. The Kier molecular flexibility index (Phi) is 3.27. The van der Waals surface area contributed by atoms with E-state index in [2.05, 4.69) is 52.4 Å². The van der Waals surface area contributed by atoms with Crippen LogP contribution in [0.15, 0.2) is 28.7 Å². The van der Waals surface area contributed by atoms with Gasteiger partial charge in [-0.15, -0.1) is 0 Å². The van der Waals surface area contributed by atoms with Gasteiger partial charge in [-0.05, 0) is 55.2 Å². The van der Waals surface area contributed by atoms with Crippen molar-refractivity contribution < 1.29 is 0 Å². The molecule has 1 N–H and O–H groups in total. The minimum atomic E-state index is 0.764. The fraction of sp³-hybridized carbons (Fsp3) is 0.600. The first-order valence-electron chi connectivity index (χ1n) is 6.72. The van der Waals surface area contributed by atoms with Crippen LogP contribution in [0.4, 0.5) is 0 Å². The molecule has 2 unspecified atom stereocenters. The first kappa shape index (κ1) is 11.7. The van der Waals surface area contributed by atoms with E-state index in [9.17, 15) is 0 Å². The van der Waals surface area contributed by atoms with E-state index >= 15 is 0 Å². The molecule has 2 atom stereocenters. The first-order valence-corrected chi connectivity index (χ1v) is 7.51. The quantitative estimate of drug-likeness (QED) is 0.887. The maximum atomic E-state index is 3.72. The standard InChI is InChI=1S/C15H20BrN/c1-10-6-12(10)9-17-13-7-11(8-13)14-4-2-3-5-15(14)16/h2-5,10-13,17H,6-9H2,1H3. The van der Waals surface area contributed by atoms with E-state index < -0.39 is 0 Å². The van der Waals surface area contributed by atoms with Crippen molar-refractivity contribution in [2.24, 2.45) is 11.8 Å². The summed E-state index contributed by atoms with van der Waals surface area (Å²) in [5.41, 5.74) is 1.49. The normalized spacial score (nSPS) is 35.4. The molecule has 17 heavy (non-hydrogen) atoms. The molecule has 2 heteroatoms. The fourth-order valence-electron chi connectivity index (χ4n) is 2.85. The lowest BCUT2D eigenvalue weighted by molar-refractivity contribution is 0.286. The Bertz CT molecular complexity index is 398. The van der Waals surface area contributed by atoms with Gasteiger partial charge in [-0.2, -0.15) is 0 Å². The van der Waals surface area contributed by atoms with Gasteiger partial charge in [-0.25, -0.2) is 0 Å². The molecule has 2 fully saturated rings. The number of nitrogens with one attached hydrogen (secondary N) is 1. The van der Waals surface area contributed by atoms with E-state index in [-0.39, 0.29) is 0 Å². The topological polar surface area (TPSA) is 12.0 Å². The third-order valence-electron chi connectivity index (χ3n) is 4.43. The molecular weight excluding hydrogens is 274 g/mol. The molecule has 1 nitrogen and oxygen atoms in total. The predicted octanol–water partition coefficient (Wildman–Crippen LogP) is 3.94. The van der Waals surface area contributed by atoms with Crippen molar-refractivity contribution in [3.8, 4) is 0 Å². The molecule has 0 radical (unpaired) electrons. The van der Waals surface area contributed by atoms with Gasteiger partial charge in [0, 0.05) is 10.5 Å². The SMILES string of the molecule is CC1CC1CNC1CC(c2ccccc2Br)C1. The number of halogens is 1. The zero-order chi connectivity index (χ0) is 11.8. The summed E-state index contributed by atoms with van der Waals surface area (Å²) in [6, 6.07) is 9.42. The molecule has 0 spiro atoms. The van der Waals surface area contributed by atoms with Crippen molar-refractivity contribution in [1.29, 1.82) is 0 Å². The van der Waals surface area contributed by atoms with Crippen molar-refractivity contribution in [2.75, 3.05) is 6.54 Å². The molecule has 0 bridgehead atoms. The van der Waals surface area contributed by atoms with Crippen LogP contribution in [-0.2, 0) is 0 Å². The lowest BCUT2D eigenvalue weighted by Gasteiger charge is -2.37. The van der Waals surface area contributed by atoms with Gasteiger partial charge in [0.15, 0.2) is 0 Å². The van der Waals surface area contributed by atoms with E-state index in [0.29, 0.717) is 0 Å². The van der Waals surface area contributed by atoms with Crippen LogP contribution in [0.1, 0.15) is 37.7 Å². The predicted molar refractivity (Wildman–Crippen MR) is 75.2 cm³/mol. The van der Waals surface area contributed by atoms with Crippen LogP contribution < -0.4 is 5.32 Å². The van der Waals surface area contributed by atoms with Gasteiger partial charge in [-0.1, -0.05) is 41.1 Å². The molecule has 2 aliphatic rings. The average molecular weight is 294 g/mol. The summed E-state index contributed by atoms with van der Waals surface area (Å²) in [5, 5.41) is 3.72. The lowest BCUT2D eigenvalue weighted by Crippen LogP contribution is -2.41. The van der Waals surface area contributed by atoms with Crippen molar-refractivity contribution in [3.63, 3.8) is 0 Å². The zero-order valence-electron chi connectivity index (χ0n) is 10.3. The third-order valence-corrected chi connectivity index (χ3v) is 5.15. The van der Waals surface area contributed by atoms with Gasteiger partial charge >= 0.3 is 0 Å². The minimum absolute atomic E-state index is 0.764. The monoisotopic (exact) mass is 293 g/mol. The molecule has 0 saturated heterocycles. The number of rotatable bonds is 4. The summed E-state index contributed by atoms with van der Waals surface area (Å²) in [7, 11) is 0. The maximum Gasteiger partial charge on any atom is 0.0210 e. The van der Waals surface area contributed by atoms with Gasteiger partial charge in [0.25, 0.3) is 0 Å². The summed E-state index contributed by atoms with van der Waals surface area (Å²) >= 11 is 3.65. The summed E-state index contributed by atoms with van der Waals surface area (Å²) < 4.78 is 1.28. The van der Waals surface area contributed by atoms with E-state index in [1.165, 1.54) is 35.8 Å². The Morgan fingerprint density at radius 2 is 1.94 bits per heavy atom. The molecule has 0 aliphatic heterocycles. The van der Waals surface area contributed by atoms with Gasteiger partial charge < -0.3 is 5.32 Å². The molecule has 0 amide bonds. The average Bonchev–Trinajstić information content (AvgIpc) is 2.95. The van der Waals surface area contributed by atoms with Gasteiger partial charge in [0.2, 0.25) is 0 Å². The van der Waals surface area contributed by atoms with Crippen molar-refractivity contribution in [1.82, 2.24) is 5.32 Å². The Balaban J connectivity index is 1.46. The largest absolute Gasteiger partial charge is 0.314 e. The van der Waals surface area contributed by atoms with Crippen molar-refractivity contribution in [3.05, 3.63) is 34.3 Å². The third kappa shape index (κ3) is 2.58. The van der Waals surface area contributed by atoms with Crippen LogP contribution in [0.2, 0.25) is 0 Å². The van der Waals surface area contributed by atoms with Crippen LogP contribution in [0.25, 0.3) is 0 Å². The second-order valence-electron chi connectivity index (χ2n) is 5.77. The Morgan fingerprint density at radius 1 is 1.24 bits per heavy atom. The van der Waals surface area contributed by atoms with Crippen LogP contribution in [0, 0.1) is 11.8 Å². The van der Waals surface area contributed by atoms with Crippen LogP contribution >= 0.6 is 15.9 Å². The smallest absolute Gasteiger partial charge is 0.0210 e. The first-order chi connectivity index (χ1) is 8.24. The summed E-state index contributed by atoms with van der Waals surface area (Å²) in [4.78, 5) is 0. The van der Waals surface area contributed by atoms with Gasteiger partial charge in [0.05, 0.1) is 0 Å². The Labute approximate surface area is 112 Å². The highest BCUT2D eigenvalue weighted by Gasteiger charge is 2.35. The number of hydrogen-bond donors (Lipinski definition) is 1. The van der Waals surface area contributed by atoms with E-state index in [0.717, 1.165) is 23.8 Å². The summed E-state index contributed by atoms with van der Waals surface area (Å²) in [5.74, 6) is 2.71. The highest BCUT2D eigenvalue weighted by Crippen LogP contribution is 2.41. The number of hydrogen-bond acceptors (Lipinski definition) is 1.